The summed E-state index contributed by atoms with van der Waals surface area (Å²) in [4.78, 5) is 25.5. The van der Waals surface area contributed by atoms with Gasteiger partial charge in [0.15, 0.2) is 5.76 Å². The number of hydrogen-bond acceptors (Lipinski definition) is 6. The average Bonchev–Trinajstić information content (AvgIpc) is 3.47. The van der Waals surface area contributed by atoms with Crippen LogP contribution in [-0.4, -0.2) is 18.5 Å². The van der Waals surface area contributed by atoms with Crippen LogP contribution in [0.3, 0.4) is 0 Å². The zero-order valence-electron chi connectivity index (χ0n) is 18.0. The Morgan fingerprint density at radius 3 is 2.59 bits per heavy atom. The van der Waals surface area contributed by atoms with E-state index < -0.39 is 11.9 Å². The molecular weight excluding hydrogens is 497 g/mol. The number of halogens is 2. The van der Waals surface area contributed by atoms with E-state index in [1.54, 1.807) is 31.2 Å². The second-order valence-electron chi connectivity index (χ2n) is 7.02. The molecule has 1 amide bonds. The lowest BCUT2D eigenvalue weighted by atomic mass is 10.0. The minimum absolute atomic E-state index is 0.0693. The van der Waals surface area contributed by atoms with Crippen LogP contribution in [0.1, 0.15) is 33.6 Å². The fraction of sp³-hybridized carbons (Fsp3) is 0.120. The van der Waals surface area contributed by atoms with Crippen molar-refractivity contribution in [2.45, 2.75) is 13.5 Å². The van der Waals surface area contributed by atoms with Crippen LogP contribution in [0.4, 0.5) is 5.00 Å². The molecular formula is C25H19Cl2NO5S. The Labute approximate surface area is 210 Å². The predicted octanol–water partition coefficient (Wildman–Crippen LogP) is 7.32. The van der Waals surface area contributed by atoms with E-state index in [1.165, 1.54) is 17.4 Å². The summed E-state index contributed by atoms with van der Waals surface area (Å²) in [5.41, 5.74) is 1.84. The highest BCUT2D eigenvalue weighted by atomic mass is 35.5. The van der Waals surface area contributed by atoms with Gasteiger partial charge in [0.2, 0.25) is 0 Å². The van der Waals surface area contributed by atoms with Gasteiger partial charge in [-0.15, -0.1) is 11.3 Å². The van der Waals surface area contributed by atoms with Crippen LogP contribution in [-0.2, 0) is 11.3 Å². The normalized spacial score (nSPS) is 10.7. The second-order valence-corrected chi connectivity index (χ2v) is 8.75. The summed E-state index contributed by atoms with van der Waals surface area (Å²) in [5, 5.41) is 5.83. The number of rotatable bonds is 8. The van der Waals surface area contributed by atoms with Crippen molar-refractivity contribution in [1.29, 1.82) is 0 Å². The quantitative estimate of drug-likeness (QED) is 0.248. The van der Waals surface area contributed by atoms with Crippen molar-refractivity contribution in [3.05, 3.63) is 93.2 Å². The molecule has 0 saturated carbocycles. The third-order valence-electron chi connectivity index (χ3n) is 4.73. The van der Waals surface area contributed by atoms with Crippen molar-refractivity contribution in [1.82, 2.24) is 0 Å². The van der Waals surface area contributed by atoms with Crippen LogP contribution in [0.2, 0.25) is 10.0 Å². The highest BCUT2D eigenvalue weighted by Crippen LogP contribution is 2.36. The van der Waals surface area contributed by atoms with Crippen LogP contribution in [0.15, 0.2) is 70.5 Å². The molecule has 0 aliphatic rings. The number of thiophene rings is 1. The Balaban J connectivity index is 1.50. The Bertz CT molecular complexity index is 1320. The van der Waals surface area contributed by atoms with Crippen LogP contribution in [0.5, 0.6) is 5.75 Å². The standard InChI is InChI=1S/C25H19Cl2NO5S/c1-2-31-25(30)22-18(15-6-4-3-5-7-15)14-34-24(22)28-23(29)21-11-9-17(33-21)13-32-20-10-8-16(26)12-19(20)27/h3-12,14H,2,13H2,1H3,(H,28,29). The highest BCUT2D eigenvalue weighted by Gasteiger charge is 2.24. The number of hydrogen-bond donors (Lipinski definition) is 1. The summed E-state index contributed by atoms with van der Waals surface area (Å²) in [6, 6.07) is 17.5. The molecule has 0 radical (unpaired) electrons. The van der Waals surface area contributed by atoms with Gasteiger partial charge in [0, 0.05) is 16.0 Å². The van der Waals surface area contributed by atoms with Gasteiger partial charge in [0.1, 0.15) is 28.7 Å². The van der Waals surface area contributed by atoms with Crippen LogP contribution >= 0.6 is 34.5 Å². The van der Waals surface area contributed by atoms with E-state index in [0.29, 0.717) is 37.7 Å². The average molecular weight is 516 g/mol. The van der Waals surface area contributed by atoms with Crippen molar-refractivity contribution >= 4 is 51.4 Å². The van der Waals surface area contributed by atoms with Crippen LogP contribution in [0.25, 0.3) is 11.1 Å². The van der Waals surface area contributed by atoms with Crippen molar-refractivity contribution in [3.63, 3.8) is 0 Å². The first-order valence-electron chi connectivity index (χ1n) is 10.3. The predicted molar refractivity (Wildman–Crippen MR) is 133 cm³/mol. The van der Waals surface area contributed by atoms with Gasteiger partial charge < -0.3 is 19.2 Å². The maximum absolute atomic E-state index is 12.8. The molecule has 34 heavy (non-hydrogen) atoms. The smallest absolute Gasteiger partial charge is 0.341 e. The van der Waals surface area contributed by atoms with Crippen molar-refractivity contribution < 1.29 is 23.5 Å². The monoisotopic (exact) mass is 515 g/mol. The molecule has 0 unspecified atom stereocenters. The number of carbonyl (C=O) groups excluding carboxylic acids is 2. The Morgan fingerprint density at radius 1 is 1.06 bits per heavy atom. The van der Waals surface area contributed by atoms with E-state index in [4.69, 9.17) is 37.1 Å². The number of furan rings is 1. The number of carbonyl (C=O) groups is 2. The lowest BCUT2D eigenvalue weighted by Crippen LogP contribution is -2.14. The molecule has 0 aliphatic carbocycles. The maximum atomic E-state index is 12.8. The Hall–Kier alpha value is -3.26. The molecule has 174 valence electrons. The molecule has 4 rings (SSSR count). The number of anilines is 1. The van der Waals surface area contributed by atoms with Crippen molar-refractivity contribution in [2.75, 3.05) is 11.9 Å². The molecule has 6 nitrogen and oxygen atoms in total. The summed E-state index contributed by atoms with van der Waals surface area (Å²) in [7, 11) is 0. The van der Waals surface area contributed by atoms with Crippen LogP contribution < -0.4 is 10.1 Å². The molecule has 2 heterocycles. The van der Waals surface area contributed by atoms with Gasteiger partial charge in [-0.3, -0.25) is 4.79 Å². The van der Waals surface area contributed by atoms with E-state index in [1.807, 2.05) is 35.7 Å². The number of ether oxygens (including phenoxy) is 2. The maximum Gasteiger partial charge on any atom is 0.341 e. The zero-order chi connectivity index (χ0) is 24.1. The van der Waals surface area contributed by atoms with Gasteiger partial charge in [-0.25, -0.2) is 4.79 Å². The first-order chi connectivity index (χ1) is 16.5. The number of benzene rings is 2. The van der Waals surface area contributed by atoms with E-state index in [0.717, 1.165) is 5.56 Å². The van der Waals surface area contributed by atoms with Gasteiger partial charge in [-0.05, 0) is 42.8 Å². The molecule has 2 aromatic carbocycles. The molecule has 0 bridgehead atoms. The molecule has 2 aromatic heterocycles. The molecule has 0 fully saturated rings. The summed E-state index contributed by atoms with van der Waals surface area (Å²) in [5.74, 6) is -0.0585. The molecule has 0 spiro atoms. The zero-order valence-corrected chi connectivity index (χ0v) is 20.3. The lowest BCUT2D eigenvalue weighted by Gasteiger charge is -2.08. The van der Waals surface area contributed by atoms with Gasteiger partial charge >= 0.3 is 5.97 Å². The molecule has 0 atom stereocenters. The van der Waals surface area contributed by atoms with Gasteiger partial charge in [0.25, 0.3) is 5.91 Å². The molecule has 0 aliphatic heterocycles. The number of amides is 1. The topological polar surface area (TPSA) is 77.8 Å². The lowest BCUT2D eigenvalue weighted by molar-refractivity contribution is 0.0529. The third-order valence-corrected chi connectivity index (χ3v) is 6.16. The minimum Gasteiger partial charge on any atom is -0.484 e. The molecule has 0 saturated heterocycles. The van der Waals surface area contributed by atoms with E-state index in [2.05, 4.69) is 5.32 Å². The van der Waals surface area contributed by atoms with E-state index >= 15 is 0 Å². The van der Waals surface area contributed by atoms with Gasteiger partial charge in [-0.1, -0.05) is 53.5 Å². The minimum atomic E-state index is -0.508. The highest BCUT2D eigenvalue weighted by molar-refractivity contribution is 7.15. The fourth-order valence-electron chi connectivity index (χ4n) is 3.17. The first-order valence-corrected chi connectivity index (χ1v) is 11.9. The Kier molecular flexibility index (Phi) is 7.57. The molecule has 9 heteroatoms. The third kappa shape index (κ3) is 5.44. The molecule has 4 aromatic rings. The molecule has 1 N–H and O–H groups in total. The largest absolute Gasteiger partial charge is 0.484 e. The van der Waals surface area contributed by atoms with E-state index in [-0.39, 0.29) is 19.0 Å². The second kappa shape index (κ2) is 10.8. The first kappa shape index (κ1) is 23.9. The fourth-order valence-corrected chi connectivity index (χ4v) is 4.58. The number of nitrogens with one attached hydrogen (secondary N) is 1. The number of esters is 1. The van der Waals surface area contributed by atoms with E-state index in [9.17, 15) is 9.59 Å². The summed E-state index contributed by atoms with van der Waals surface area (Å²) in [6.07, 6.45) is 0. The summed E-state index contributed by atoms with van der Waals surface area (Å²) >= 11 is 13.2. The van der Waals surface area contributed by atoms with Crippen molar-refractivity contribution in [3.8, 4) is 16.9 Å². The summed E-state index contributed by atoms with van der Waals surface area (Å²) in [6.45, 7) is 2.02. The SMILES string of the molecule is CCOC(=O)c1c(-c2ccccc2)csc1NC(=O)c1ccc(COc2ccc(Cl)cc2Cl)o1. The van der Waals surface area contributed by atoms with Gasteiger partial charge in [-0.2, -0.15) is 0 Å². The Morgan fingerprint density at radius 2 is 1.85 bits per heavy atom. The summed E-state index contributed by atoms with van der Waals surface area (Å²) < 4.78 is 16.5. The van der Waals surface area contributed by atoms with Crippen molar-refractivity contribution in [2.24, 2.45) is 0 Å². The van der Waals surface area contributed by atoms with Crippen LogP contribution in [0, 0.1) is 0 Å². The van der Waals surface area contributed by atoms with Gasteiger partial charge in [0.05, 0.1) is 11.6 Å².